The highest BCUT2D eigenvalue weighted by Crippen LogP contribution is 2.50. The fourth-order valence-corrected chi connectivity index (χ4v) is 6.66. The Hall–Kier alpha value is -4.62. The highest BCUT2D eigenvalue weighted by Gasteiger charge is 2.37. The van der Waals surface area contributed by atoms with Crippen molar-refractivity contribution in [3.8, 4) is 16.8 Å². The molecule has 0 atom stereocenters. The second kappa shape index (κ2) is 8.71. The van der Waals surface area contributed by atoms with Gasteiger partial charge in [0.25, 0.3) is 0 Å². The van der Waals surface area contributed by atoms with E-state index in [0.29, 0.717) is 0 Å². The van der Waals surface area contributed by atoms with E-state index in [1.807, 2.05) is 6.08 Å². The van der Waals surface area contributed by atoms with Crippen LogP contribution in [0, 0.1) is 0 Å². The Morgan fingerprint density at radius 1 is 0.692 bits per heavy atom. The largest absolute Gasteiger partial charge is 0.309 e. The molecular formula is C38H31N. The highest BCUT2D eigenvalue weighted by atomic mass is 15.0. The van der Waals surface area contributed by atoms with E-state index >= 15 is 0 Å². The number of para-hydroxylation sites is 1. The lowest BCUT2D eigenvalue weighted by atomic mass is 9.82. The van der Waals surface area contributed by atoms with Gasteiger partial charge in [-0.05, 0) is 70.0 Å². The number of hydrogen-bond acceptors (Lipinski definition) is 0. The molecule has 5 aromatic carbocycles. The zero-order valence-electron chi connectivity index (χ0n) is 22.7. The van der Waals surface area contributed by atoms with Crippen LogP contribution in [0.2, 0.25) is 0 Å². The van der Waals surface area contributed by atoms with Crippen LogP contribution in [0.25, 0.3) is 55.0 Å². The van der Waals surface area contributed by atoms with Crippen molar-refractivity contribution in [1.82, 2.24) is 4.57 Å². The maximum absolute atomic E-state index is 3.98. The van der Waals surface area contributed by atoms with Gasteiger partial charge in [0.2, 0.25) is 0 Å². The van der Waals surface area contributed by atoms with Crippen LogP contribution < -0.4 is 0 Å². The van der Waals surface area contributed by atoms with E-state index in [1.165, 1.54) is 71.7 Å². The first-order valence-electron chi connectivity index (χ1n) is 13.7. The van der Waals surface area contributed by atoms with E-state index in [1.54, 1.807) is 0 Å². The Kier molecular flexibility index (Phi) is 5.25. The van der Waals surface area contributed by atoms with Gasteiger partial charge in [-0.1, -0.05) is 118 Å². The van der Waals surface area contributed by atoms with Gasteiger partial charge in [-0.15, -0.1) is 0 Å². The third-order valence-electron chi connectivity index (χ3n) is 8.53. The van der Waals surface area contributed by atoms with Gasteiger partial charge in [-0.3, -0.25) is 0 Å². The standard InChI is InChI=1S/C38H31N/c1-5-12-33-28(6-2)32-23-26(20-22-34(32)38(33,3)4)27-19-21-31-30-16-9-10-17-36(30)39(37(31)24-27)35-18-11-14-25-13-7-8-15-29(25)35/h5-24H,1H2,2-4H3/b28-6-,33-12+. The molecule has 0 saturated carbocycles. The zero-order valence-corrected chi connectivity index (χ0v) is 22.7. The third-order valence-corrected chi connectivity index (χ3v) is 8.53. The maximum atomic E-state index is 3.98. The first-order valence-corrected chi connectivity index (χ1v) is 13.7. The minimum absolute atomic E-state index is 0.0470. The number of hydrogen-bond donors (Lipinski definition) is 0. The topological polar surface area (TPSA) is 4.93 Å². The average Bonchev–Trinajstić information content (AvgIpc) is 3.40. The Balaban J connectivity index is 1.48. The molecule has 0 radical (unpaired) electrons. The van der Waals surface area contributed by atoms with Crippen molar-refractivity contribution in [3.05, 3.63) is 145 Å². The monoisotopic (exact) mass is 501 g/mol. The van der Waals surface area contributed by atoms with Crippen LogP contribution in [0.1, 0.15) is 31.9 Å². The maximum Gasteiger partial charge on any atom is 0.0547 e. The summed E-state index contributed by atoms with van der Waals surface area (Å²) in [6.45, 7) is 10.7. The predicted octanol–water partition coefficient (Wildman–Crippen LogP) is 10.4. The van der Waals surface area contributed by atoms with Crippen LogP contribution in [0.15, 0.2) is 134 Å². The number of benzene rings is 5. The van der Waals surface area contributed by atoms with Crippen LogP contribution in [0.3, 0.4) is 0 Å². The second-order valence-corrected chi connectivity index (χ2v) is 11.0. The summed E-state index contributed by atoms with van der Waals surface area (Å²) in [5, 5.41) is 5.06. The fraction of sp³-hybridized carbons (Fsp3) is 0.105. The molecule has 1 nitrogen and oxygen atoms in total. The van der Waals surface area contributed by atoms with Crippen molar-refractivity contribution in [2.75, 3.05) is 0 Å². The molecule has 39 heavy (non-hydrogen) atoms. The summed E-state index contributed by atoms with van der Waals surface area (Å²) in [7, 11) is 0. The van der Waals surface area contributed by atoms with E-state index in [-0.39, 0.29) is 5.41 Å². The summed E-state index contributed by atoms with van der Waals surface area (Å²) in [5.41, 5.74) is 11.4. The SMILES string of the molecule is C=C/C=C1\C(=C/C)c2cc(-c3ccc4c5ccccc5n(-c5cccc6ccccc56)c4c3)ccc2C1(C)C. The Bertz CT molecular complexity index is 2000. The van der Waals surface area contributed by atoms with E-state index in [2.05, 4.69) is 147 Å². The molecule has 0 bridgehead atoms. The van der Waals surface area contributed by atoms with Crippen molar-refractivity contribution < 1.29 is 0 Å². The summed E-state index contributed by atoms with van der Waals surface area (Å²) < 4.78 is 2.44. The summed E-state index contributed by atoms with van der Waals surface area (Å²) in [6.07, 6.45) is 6.32. The normalized spacial score (nSPS) is 16.5. The van der Waals surface area contributed by atoms with Gasteiger partial charge in [0.05, 0.1) is 16.7 Å². The van der Waals surface area contributed by atoms with Crippen molar-refractivity contribution in [3.63, 3.8) is 0 Å². The van der Waals surface area contributed by atoms with E-state index < -0.39 is 0 Å². The summed E-state index contributed by atoms with van der Waals surface area (Å²) >= 11 is 0. The van der Waals surface area contributed by atoms with Crippen LogP contribution in [0.4, 0.5) is 0 Å². The van der Waals surface area contributed by atoms with Gasteiger partial charge in [-0.2, -0.15) is 0 Å². The Morgan fingerprint density at radius 2 is 1.38 bits per heavy atom. The predicted molar refractivity (Wildman–Crippen MR) is 169 cm³/mol. The first-order chi connectivity index (χ1) is 19.0. The Labute approximate surface area is 230 Å². The first kappa shape index (κ1) is 23.5. The van der Waals surface area contributed by atoms with Gasteiger partial charge in [-0.25, -0.2) is 0 Å². The fourth-order valence-electron chi connectivity index (χ4n) is 6.66. The molecule has 0 spiro atoms. The number of aromatic nitrogens is 1. The van der Waals surface area contributed by atoms with Gasteiger partial charge in [0.15, 0.2) is 0 Å². The average molecular weight is 502 g/mol. The molecule has 1 heterocycles. The molecule has 6 aromatic rings. The quantitative estimate of drug-likeness (QED) is 0.227. The van der Waals surface area contributed by atoms with E-state index in [0.717, 1.165) is 0 Å². The molecule has 0 N–H and O–H groups in total. The number of rotatable bonds is 3. The van der Waals surface area contributed by atoms with E-state index in [4.69, 9.17) is 0 Å². The van der Waals surface area contributed by atoms with Gasteiger partial charge in [0, 0.05) is 21.6 Å². The molecule has 1 aliphatic carbocycles. The lowest BCUT2D eigenvalue weighted by molar-refractivity contribution is 0.661. The minimum atomic E-state index is -0.0470. The molecule has 1 aromatic heterocycles. The number of fused-ring (bicyclic) bond motifs is 5. The van der Waals surface area contributed by atoms with E-state index in [9.17, 15) is 0 Å². The van der Waals surface area contributed by atoms with Crippen molar-refractivity contribution >= 4 is 38.2 Å². The molecule has 0 unspecified atom stereocenters. The third kappa shape index (κ3) is 3.40. The molecule has 0 fully saturated rings. The van der Waals surface area contributed by atoms with Gasteiger partial charge < -0.3 is 4.57 Å². The van der Waals surface area contributed by atoms with Gasteiger partial charge >= 0.3 is 0 Å². The van der Waals surface area contributed by atoms with Gasteiger partial charge in [0.1, 0.15) is 0 Å². The zero-order chi connectivity index (χ0) is 26.7. The van der Waals surface area contributed by atoms with Crippen LogP contribution in [-0.2, 0) is 5.41 Å². The highest BCUT2D eigenvalue weighted by molar-refractivity contribution is 6.11. The summed E-state index contributed by atoms with van der Waals surface area (Å²) in [6, 6.07) is 37.9. The molecule has 1 heteroatoms. The smallest absolute Gasteiger partial charge is 0.0547 e. The Morgan fingerprint density at radius 3 is 2.21 bits per heavy atom. The second-order valence-electron chi connectivity index (χ2n) is 11.0. The van der Waals surface area contributed by atoms with Crippen molar-refractivity contribution in [2.45, 2.75) is 26.2 Å². The number of allylic oxidation sites excluding steroid dienone is 5. The molecule has 0 saturated heterocycles. The molecule has 1 aliphatic rings. The molecule has 0 amide bonds. The molecular weight excluding hydrogens is 470 g/mol. The minimum Gasteiger partial charge on any atom is -0.309 e. The molecule has 7 rings (SSSR count). The lowest BCUT2D eigenvalue weighted by Gasteiger charge is -2.21. The lowest BCUT2D eigenvalue weighted by Crippen LogP contribution is -2.14. The summed E-state index contributed by atoms with van der Waals surface area (Å²) in [5.74, 6) is 0. The van der Waals surface area contributed by atoms with Crippen LogP contribution in [0.5, 0.6) is 0 Å². The van der Waals surface area contributed by atoms with Crippen LogP contribution in [-0.4, -0.2) is 4.57 Å². The summed E-state index contributed by atoms with van der Waals surface area (Å²) in [4.78, 5) is 0. The molecule has 0 aliphatic heterocycles. The van der Waals surface area contributed by atoms with Crippen molar-refractivity contribution in [2.24, 2.45) is 0 Å². The van der Waals surface area contributed by atoms with Crippen LogP contribution >= 0.6 is 0 Å². The number of nitrogens with zero attached hydrogens (tertiary/aromatic N) is 1. The molecule has 188 valence electrons. The van der Waals surface area contributed by atoms with Crippen molar-refractivity contribution in [1.29, 1.82) is 0 Å².